The molecule has 2 aliphatic rings. The highest BCUT2D eigenvalue weighted by Gasteiger charge is 2.37. The SMILES string of the molecule is CC.CSN(Cc1ccc(C2=NCC(C(F)(F)F)=N2)cc1)Cc1ccc(C2=NN=C(C(F)F)C2)cc1F. The van der Waals surface area contributed by atoms with Gasteiger partial charge in [-0.05, 0) is 17.9 Å². The number of rotatable bonds is 8. The molecule has 37 heavy (non-hydrogen) atoms. The van der Waals surface area contributed by atoms with Gasteiger partial charge in [0.25, 0.3) is 6.43 Å². The first-order valence-electron chi connectivity index (χ1n) is 11.4. The molecule has 2 heterocycles. The van der Waals surface area contributed by atoms with Crippen LogP contribution in [0.25, 0.3) is 0 Å². The molecule has 0 bridgehead atoms. The van der Waals surface area contributed by atoms with E-state index in [9.17, 15) is 26.3 Å². The van der Waals surface area contributed by atoms with Gasteiger partial charge in [0.1, 0.15) is 17.2 Å². The Labute approximate surface area is 215 Å². The van der Waals surface area contributed by atoms with Crippen LogP contribution in [0.4, 0.5) is 26.3 Å². The zero-order valence-corrected chi connectivity index (χ0v) is 21.2. The van der Waals surface area contributed by atoms with Crippen molar-refractivity contribution in [3.05, 3.63) is 70.5 Å². The first kappa shape index (κ1) is 28.6. The summed E-state index contributed by atoms with van der Waals surface area (Å²) in [4.78, 5) is 7.44. The van der Waals surface area contributed by atoms with Gasteiger partial charge in [-0.15, -0.1) is 0 Å². The Morgan fingerprint density at radius 2 is 1.65 bits per heavy atom. The Balaban J connectivity index is 0.00000186. The molecule has 2 aliphatic heterocycles. The first-order valence-corrected chi connectivity index (χ1v) is 12.6. The summed E-state index contributed by atoms with van der Waals surface area (Å²) in [5.74, 6) is -0.437. The van der Waals surface area contributed by atoms with Gasteiger partial charge in [0.15, 0.2) is 5.84 Å². The Bertz CT molecular complexity index is 1220. The van der Waals surface area contributed by atoms with Gasteiger partial charge < -0.3 is 0 Å². The molecule has 0 aromatic heterocycles. The van der Waals surface area contributed by atoms with Gasteiger partial charge in [-0.1, -0.05) is 62.2 Å². The van der Waals surface area contributed by atoms with Crippen molar-refractivity contribution in [1.29, 1.82) is 0 Å². The van der Waals surface area contributed by atoms with E-state index in [1.165, 1.54) is 18.0 Å². The van der Waals surface area contributed by atoms with Crippen LogP contribution in [0.1, 0.15) is 42.5 Å². The van der Waals surface area contributed by atoms with Crippen molar-refractivity contribution < 1.29 is 26.3 Å². The Morgan fingerprint density at radius 3 is 2.19 bits per heavy atom. The molecule has 2 aromatic rings. The molecule has 0 unspecified atom stereocenters. The summed E-state index contributed by atoms with van der Waals surface area (Å²) in [5, 5.41) is 7.19. The maximum Gasteiger partial charge on any atom is 0.431 e. The van der Waals surface area contributed by atoms with Crippen LogP contribution in [0.3, 0.4) is 0 Å². The molecule has 0 aliphatic carbocycles. The van der Waals surface area contributed by atoms with Crippen LogP contribution in [-0.2, 0) is 13.1 Å². The second-order valence-electron chi connectivity index (χ2n) is 7.80. The summed E-state index contributed by atoms with van der Waals surface area (Å²) in [6, 6.07) is 11.3. The van der Waals surface area contributed by atoms with E-state index in [1.54, 1.807) is 36.4 Å². The second kappa shape index (κ2) is 12.5. The van der Waals surface area contributed by atoms with Crippen molar-refractivity contribution in [3.8, 4) is 0 Å². The van der Waals surface area contributed by atoms with Crippen molar-refractivity contribution in [2.24, 2.45) is 20.2 Å². The lowest BCUT2D eigenvalue weighted by atomic mass is 10.0. The van der Waals surface area contributed by atoms with E-state index in [4.69, 9.17) is 0 Å². The summed E-state index contributed by atoms with van der Waals surface area (Å²) in [6.07, 6.45) is -5.46. The lowest BCUT2D eigenvalue weighted by Crippen LogP contribution is -2.23. The molecule has 0 amide bonds. The topological polar surface area (TPSA) is 52.7 Å². The van der Waals surface area contributed by atoms with E-state index >= 15 is 0 Å². The van der Waals surface area contributed by atoms with Gasteiger partial charge >= 0.3 is 6.18 Å². The van der Waals surface area contributed by atoms with E-state index in [0.29, 0.717) is 28.9 Å². The largest absolute Gasteiger partial charge is 0.431 e. The van der Waals surface area contributed by atoms with Crippen molar-refractivity contribution in [1.82, 2.24) is 4.31 Å². The molecule has 0 spiro atoms. The summed E-state index contributed by atoms with van der Waals surface area (Å²) in [5.41, 5.74) is 1.23. The van der Waals surface area contributed by atoms with Gasteiger partial charge in [-0.3, -0.25) is 4.99 Å². The molecule has 12 heteroatoms. The van der Waals surface area contributed by atoms with Crippen molar-refractivity contribution in [2.45, 2.75) is 46.0 Å². The maximum absolute atomic E-state index is 14.8. The van der Waals surface area contributed by atoms with Crippen molar-refractivity contribution in [3.63, 3.8) is 0 Å². The number of aliphatic imine (C=N–C) groups is 2. The summed E-state index contributed by atoms with van der Waals surface area (Å²) in [6.45, 7) is 4.23. The Hall–Kier alpha value is -2.99. The fraction of sp³-hybridized carbons (Fsp3) is 0.360. The molecule has 198 valence electrons. The molecule has 4 rings (SSSR count). The fourth-order valence-corrected chi connectivity index (χ4v) is 4.04. The zero-order chi connectivity index (χ0) is 27.2. The Kier molecular flexibility index (Phi) is 9.66. The molecule has 2 aromatic carbocycles. The minimum Gasteiger partial charge on any atom is -0.260 e. The molecular weight excluding hydrogens is 516 g/mol. The zero-order valence-electron chi connectivity index (χ0n) is 20.4. The predicted octanol–water partition coefficient (Wildman–Crippen LogP) is 6.71. The molecule has 0 radical (unpaired) electrons. The van der Waals surface area contributed by atoms with Gasteiger partial charge in [-0.2, -0.15) is 23.4 Å². The molecule has 0 N–H and O–H groups in total. The number of nitrogens with zero attached hydrogens (tertiary/aromatic N) is 5. The quantitative estimate of drug-likeness (QED) is 0.276. The van der Waals surface area contributed by atoms with Gasteiger partial charge in [-0.25, -0.2) is 22.5 Å². The smallest absolute Gasteiger partial charge is 0.260 e. The highest BCUT2D eigenvalue weighted by atomic mass is 32.2. The standard InChI is InChI=1S/C23H19F6N5S.C2H6/c1-35-34(11-13-2-4-14(5-3-13)22-30-10-20(31-22)23(27,28)29)12-16-7-6-15(8-17(16)24)18-9-19(21(25)26)33-32-18;1-2/h2-8,21H,9-12H2,1H3;1-2H3. The highest BCUT2D eigenvalue weighted by Crippen LogP contribution is 2.24. The van der Waals surface area contributed by atoms with Crippen LogP contribution in [0.2, 0.25) is 0 Å². The molecule has 5 nitrogen and oxygen atoms in total. The third-order valence-corrected chi connectivity index (χ3v) is 6.18. The number of alkyl halides is 5. The molecule has 0 saturated heterocycles. The number of benzene rings is 2. The normalized spacial score (nSPS) is 15.3. The lowest BCUT2D eigenvalue weighted by Gasteiger charge is -2.20. The summed E-state index contributed by atoms with van der Waals surface area (Å²) in [7, 11) is 0. The van der Waals surface area contributed by atoms with Crippen molar-refractivity contribution in [2.75, 3.05) is 12.8 Å². The van der Waals surface area contributed by atoms with Crippen LogP contribution in [0, 0.1) is 5.82 Å². The van der Waals surface area contributed by atoms with Gasteiger partial charge in [0.2, 0.25) is 0 Å². The van der Waals surface area contributed by atoms with E-state index in [2.05, 4.69) is 20.2 Å². The summed E-state index contributed by atoms with van der Waals surface area (Å²) < 4.78 is 80.5. The first-order chi connectivity index (χ1) is 17.6. The molecule has 0 saturated carbocycles. The maximum atomic E-state index is 14.8. The van der Waals surface area contributed by atoms with E-state index in [1.807, 2.05) is 24.4 Å². The average Bonchev–Trinajstić information content (AvgIpc) is 3.57. The van der Waals surface area contributed by atoms with Crippen LogP contribution in [0.15, 0.2) is 62.7 Å². The lowest BCUT2D eigenvalue weighted by molar-refractivity contribution is -0.0592. The molecule has 0 fully saturated rings. The fourth-order valence-electron chi connectivity index (χ4n) is 3.50. The number of hydrogen-bond donors (Lipinski definition) is 0. The minimum absolute atomic E-state index is 0.0469. The van der Waals surface area contributed by atoms with Crippen molar-refractivity contribution >= 4 is 34.9 Å². The third kappa shape index (κ3) is 7.29. The van der Waals surface area contributed by atoms with E-state index in [-0.39, 0.29) is 24.5 Å². The Morgan fingerprint density at radius 1 is 0.973 bits per heavy atom. The summed E-state index contributed by atoms with van der Waals surface area (Å²) >= 11 is 1.40. The highest BCUT2D eigenvalue weighted by molar-refractivity contribution is 7.96. The van der Waals surface area contributed by atoms with Crippen LogP contribution in [-0.4, -0.2) is 52.7 Å². The molecular formula is C25H25F6N5S. The number of halogens is 6. The van der Waals surface area contributed by atoms with Crippen LogP contribution in [0.5, 0.6) is 0 Å². The number of amidine groups is 1. The second-order valence-corrected chi connectivity index (χ2v) is 8.68. The van der Waals surface area contributed by atoms with Crippen LogP contribution >= 0.6 is 11.9 Å². The average molecular weight is 542 g/mol. The van der Waals surface area contributed by atoms with Gasteiger partial charge in [0.05, 0.1) is 12.3 Å². The van der Waals surface area contributed by atoms with Crippen LogP contribution < -0.4 is 0 Å². The molecule has 0 atom stereocenters. The number of hydrogen-bond acceptors (Lipinski definition) is 6. The predicted molar refractivity (Wildman–Crippen MR) is 136 cm³/mol. The van der Waals surface area contributed by atoms with E-state index in [0.717, 1.165) is 5.56 Å². The minimum atomic E-state index is -4.50. The third-order valence-electron chi connectivity index (χ3n) is 5.41. The van der Waals surface area contributed by atoms with Gasteiger partial charge in [0, 0.05) is 36.2 Å². The van der Waals surface area contributed by atoms with E-state index < -0.39 is 30.7 Å². The monoisotopic (exact) mass is 541 g/mol.